The van der Waals surface area contributed by atoms with Crippen LogP contribution in [0.25, 0.3) is 0 Å². The van der Waals surface area contributed by atoms with Crippen LogP contribution in [0, 0.1) is 18.8 Å². The molecule has 3 unspecified atom stereocenters. The number of likely N-dealkylation sites (N-methyl/N-ethyl adjacent to an activating group) is 2. The summed E-state index contributed by atoms with van der Waals surface area (Å²) in [5.74, 6) is -3.22. The molecule has 2 aromatic carbocycles. The first-order valence-electron chi connectivity index (χ1n) is 14.9. The topological polar surface area (TPSA) is 105 Å². The summed E-state index contributed by atoms with van der Waals surface area (Å²) < 4.78 is 34.2. The number of hydrogen-bond donors (Lipinski definition) is 2. The van der Waals surface area contributed by atoms with Crippen LogP contribution in [0.5, 0.6) is 0 Å². The number of nitrogens with two attached hydrogens (primary N) is 1. The molecule has 10 heteroatoms. The number of rotatable bonds is 12. The number of allylic oxidation sites excluding steroid dienone is 4. The largest absolute Gasteiger partial charge is 0.455 e. The molecule has 44 heavy (non-hydrogen) atoms. The first-order chi connectivity index (χ1) is 20.8. The maximum atomic E-state index is 14.1. The van der Waals surface area contributed by atoms with Gasteiger partial charge < -0.3 is 25.6 Å². The molecule has 2 aliphatic rings. The van der Waals surface area contributed by atoms with Crippen molar-refractivity contribution in [1.82, 2.24) is 15.1 Å². The van der Waals surface area contributed by atoms with Gasteiger partial charge in [0.05, 0.1) is 17.6 Å². The zero-order valence-electron chi connectivity index (χ0n) is 26.0. The van der Waals surface area contributed by atoms with Crippen LogP contribution < -0.4 is 11.1 Å². The molecule has 4 rings (SSSR count). The van der Waals surface area contributed by atoms with E-state index >= 15 is 0 Å². The molecule has 0 aliphatic heterocycles. The van der Waals surface area contributed by atoms with Crippen LogP contribution >= 0.6 is 0 Å². The molecule has 8 nitrogen and oxygen atoms in total. The van der Waals surface area contributed by atoms with E-state index in [4.69, 9.17) is 10.5 Å². The molecule has 0 bridgehead atoms. The Morgan fingerprint density at radius 2 is 1.80 bits per heavy atom. The second-order valence-electron chi connectivity index (χ2n) is 12.2. The van der Waals surface area contributed by atoms with E-state index in [1.807, 2.05) is 12.1 Å². The smallest absolute Gasteiger partial charge is 0.338 e. The van der Waals surface area contributed by atoms with Gasteiger partial charge >= 0.3 is 5.97 Å². The molecule has 2 amide bonds. The molecule has 1 saturated carbocycles. The Morgan fingerprint density at radius 1 is 1.09 bits per heavy atom. The van der Waals surface area contributed by atoms with Gasteiger partial charge in [-0.25, -0.2) is 13.6 Å². The number of nitrogens with one attached hydrogen (secondary N) is 1. The highest BCUT2D eigenvalue weighted by Crippen LogP contribution is 2.53. The summed E-state index contributed by atoms with van der Waals surface area (Å²) in [4.78, 5) is 41.5. The fourth-order valence-electron chi connectivity index (χ4n) is 5.75. The fourth-order valence-corrected chi connectivity index (χ4v) is 5.75. The van der Waals surface area contributed by atoms with E-state index in [0.29, 0.717) is 18.5 Å². The summed E-state index contributed by atoms with van der Waals surface area (Å²) in [5, 5.41) is 3.35. The van der Waals surface area contributed by atoms with Crippen molar-refractivity contribution in [2.75, 3.05) is 34.2 Å². The summed E-state index contributed by atoms with van der Waals surface area (Å²) >= 11 is 0. The Hall–Kier alpha value is -3.89. The van der Waals surface area contributed by atoms with Gasteiger partial charge in [0.1, 0.15) is 17.8 Å². The standard InChI is InChI=1S/C34H42F2N4O4/c1-6-22-8-7-9-23(12-22)18-38-19-30(34(37)17-29(34)24-14-27(35)16-28(36)15-24)44-33(43)26-11-21(2)10-25(13-26)32(42)40(5)20-31(41)39(3)4/h7-14,16,24,29-30,38H,6,15,17-20,37H2,1-5H3/t24?,29?,30-,34?/m1/s1. The Labute approximate surface area is 257 Å². The van der Waals surface area contributed by atoms with E-state index in [1.165, 1.54) is 34.6 Å². The average Bonchev–Trinajstić information content (AvgIpc) is 3.67. The summed E-state index contributed by atoms with van der Waals surface area (Å²) in [5.41, 5.74) is 9.16. The second-order valence-corrected chi connectivity index (χ2v) is 12.2. The third-order valence-electron chi connectivity index (χ3n) is 8.40. The summed E-state index contributed by atoms with van der Waals surface area (Å²) in [6, 6.07) is 12.9. The molecular formula is C34H42F2N4O4. The zero-order chi connectivity index (χ0) is 32.2. The van der Waals surface area contributed by atoms with Crippen molar-refractivity contribution >= 4 is 17.8 Å². The van der Waals surface area contributed by atoms with Gasteiger partial charge in [0.25, 0.3) is 5.91 Å². The molecule has 4 atom stereocenters. The Morgan fingerprint density at radius 3 is 2.48 bits per heavy atom. The van der Waals surface area contributed by atoms with Crippen molar-refractivity contribution in [3.63, 3.8) is 0 Å². The summed E-state index contributed by atoms with van der Waals surface area (Å²) in [6.45, 7) is 4.46. The number of amides is 2. The molecule has 0 aromatic heterocycles. The van der Waals surface area contributed by atoms with Crippen LogP contribution in [0.1, 0.15) is 57.2 Å². The van der Waals surface area contributed by atoms with Gasteiger partial charge in [-0.15, -0.1) is 0 Å². The van der Waals surface area contributed by atoms with E-state index < -0.39 is 41.1 Å². The monoisotopic (exact) mass is 608 g/mol. The Bertz CT molecular complexity index is 1470. The van der Waals surface area contributed by atoms with Gasteiger partial charge in [0, 0.05) is 52.3 Å². The van der Waals surface area contributed by atoms with Crippen molar-refractivity contribution in [3.05, 3.63) is 94.1 Å². The Kier molecular flexibility index (Phi) is 10.4. The first-order valence-corrected chi connectivity index (χ1v) is 14.9. The molecular weight excluding hydrogens is 566 g/mol. The highest BCUT2D eigenvalue weighted by Gasteiger charge is 2.60. The average molecular weight is 609 g/mol. The number of aryl methyl sites for hydroxylation is 2. The third-order valence-corrected chi connectivity index (χ3v) is 8.40. The van der Waals surface area contributed by atoms with E-state index in [-0.39, 0.29) is 42.5 Å². The highest BCUT2D eigenvalue weighted by molar-refractivity contribution is 5.99. The number of nitrogens with zero attached hydrogens (tertiary/aromatic N) is 2. The lowest BCUT2D eigenvalue weighted by molar-refractivity contribution is -0.129. The van der Waals surface area contributed by atoms with Crippen LogP contribution in [-0.2, 0) is 22.5 Å². The van der Waals surface area contributed by atoms with Crippen molar-refractivity contribution in [1.29, 1.82) is 0 Å². The van der Waals surface area contributed by atoms with E-state index in [0.717, 1.165) is 18.1 Å². The molecule has 3 N–H and O–H groups in total. The maximum absolute atomic E-state index is 14.1. The minimum atomic E-state index is -0.998. The number of esters is 1. The van der Waals surface area contributed by atoms with Gasteiger partial charge in [0.2, 0.25) is 5.91 Å². The number of carbonyl (C=O) groups is 3. The predicted octanol–water partition coefficient (Wildman–Crippen LogP) is 4.48. The van der Waals surface area contributed by atoms with Crippen LogP contribution in [0.15, 0.2) is 66.3 Å². The zero-order valence-corrected chi connectivity index (χ0v) is 26.0. The predicted molar refractivity (Wildman–Crippen MR) is 165 cm³/mol. The van der Waals surface area contributed by atoms with Gasteiger partial charge in [0.15, 0.2) is 0 Å². The van der Waals surface area contributed by atoms with Crippen LogP contribution in [0.4, 0.5) is 8.78 Å². The van der Waals surface area contributed by atoms with Crippen molar-refractivity contribution in [3.8, 4) is 0 Å². The minimum Gasteiger partial charge on any atom is -0.455 e. The fraction of sp³-hybridized carbons (Fsp3) is 0.441. The van der Waals surface area contributed by atoms with Crippen molar-refractivity contribution in [2.24, 2.45) is 17.6 Å². The van der Waals surface area contributed by atoms with Crippen molar-refractivity contribution < 1.29 is 27.9 Å². The third kappa shape index (κ3) is 7.98. The number of carbonyl (C=O) groups excluding carboxylic acids is 3. The second kappa shape index (κ2) is 13.8. The highest BCUT2D eigenvalue weighted by atomic mass is 19.1. The first kappa shape index (κ1) is 33.0. The molecule has 0 spiro atoms. The van der Waals surface area contributed by atoms with Gasteiger partial charge in [-0.05, 0) is 72.6 Å². The molecule has 2 aromatic rings. The lowest BCUT2D eigenvalue weighted by Gasteiger charge is -2.28. The van der Waals surface area contributed by atoms with Crippen molar-refractivity contribution in [2.45, 2.75) is 51.3 Å². The van der Waals surface area contributed by atoms with E-state index in [1.54, 1.807) is 33.2 Å². The van der Waals surface area contributed by atoms with E-state index in [2.05, 4.69) is 24.4 Å². The molecule has 236 valence electrons. The lowest BCUT2D eigenvalue weighted by Crippen LogP contribution is -2.49. The number of halogens is 2. The quantitative estimate of drug-likeness (QED) is 0.345. The number of benzene rings is 2. The Balaban J connectivity index is 1.53. The maximum Gasteiger partial charge on any atom is 0.338 e. The van der Waals surface area contributed by atoms with E-state index in [9.17, 15) is 23.2 Å². The lowest BCUT2D eigenvalue weighted by atomic mass is 9.90. The number of hydrogen-bond acceptors (Lipinski definition) is 6. The van der Waals surface area contributed by atoms with Gasteiger partial charge in [-0.1, -0.05) is 31.2 Å². The molecule has 0 saturated heterocycles. The summed E-state index contributed by atoms with van der Waals surface area (Å²) in [7, 11) is 4.74. The van der Waals surface area contributed by atoms with Crippen LogP contribution in [0.2, 0.25) is 0 Å². The molecule has 0 radical (unpaired) electrons. The molecule has 0 heterocycles. The van der Waals surface area contributed by atoms with Gasteiger partial charge in [-0.2, -0.15) is 0 Å². The minimum absolute atomic E-state index is 0.0438. The van der Waals surface area contributed by atoms with Crippen LogP contribution in [-0.4, -0.2) is 73.5 Å². The molecule has 1 fully saturated rings. The SMILES string of the molecule is CCc1cccc(CNC[C@@H](OC(=O)c2cc(C)cc(C(=O)N(C)CC(=O)N(C)C)c2)C2(N)CC2C2C=C(F)C=C(F)C2)c1. The normalized spacial score (nSPS) is 21.5. The number of ether oxygens (including phenoxy) is 1. The van der Waals surface area contributed by atoms with Gasteiger partial charge in [-0.3, -0.25) is 9.59 Å². The summed E-state index contributed by atoms with van der Waals surface area (Å²) in [6.07, 6.45) is 2.84. The van der Waals surface area contributed by atoms with Crippen LogP contribution in [0.3, 0.4) is 0 Å². The molecule has 2 aliphatic carbocycles.